The molecule has 0 aliphatic heterocycles. The van der Waals surface area contributed by atoms with Crippen molar-refractivity contribution in [2.24, 2.45) is 0 Å². The Balaban J connectivity index is 3.09. The molecule has 120 valence electrons. The van der Waals surface area contributed by atoms with Crippen LogP contribution in [0.3, 0.4) is 0 Å². The van der Waals surface area contributed by atoms with Gasteiger partial charge in [-0.2, -0.15) is 0 Å². The zero-order valence-electron chi connectivity index (χ0n) is 14.5. The third kappa shape index (κ3) is 6.13. The molecule has 1 heterocycles. The topological polar surface area (TPSA) is 12.9 Å². The average Bonchev–Trinajstić information content (AvgIpc) is 2.54. The number of pyridine rings is 1. The minimum absolute atomic E-state index is 1.22. The van der Waals surface area contributed by atoms with Crippen LogP contribution in [0.15, 0.2) is 23.2 Å². The van der Waals surface area contributed by atoms with Crippen LogP contribution in [0.2, 0.25) is 13.3 Å². The van der Waals surface area contributed by atoms with Crippen LogP contribution in [0.1, 0.15) is 59.3 Å². The molecule has 0 saturated heterocycles. The summed E-state index contributed by atoms with van der Waals surface area (Å²) in [6, 6.07) is 6.80. The summed E-state index contributed by atoms with van der Waals surface area (Å²) in [4.78, 5) is 5.08. The monoisotopic (exact) mass is 415 g/mol. The van der Waals surface area contributed by atoms with Gasteiger partial charge in [-0.25, -0.2) is 0 Å². The average molecular weight is 414 g/mol. The number of hydrogen-bond donors (Lipinski definition) is 0. The molecule has 3 heteroatoms. The van der Waals surface area contributed by atoms with E-state index in [1.807, 2.05) is 0 Å². The van der Waals surface area contributed by atoms with Gasteiger partial charge < -0.3 is 0 Å². The molecule has 0 spiro atoms. The summed E-state index contributed by atoms with van der Waals surface area (Å²) >= 11 is -0.494. The molecule has 21 heavy (non-hydrogen) atoms. The summed E-state index contributed by atoms with van der Waals surface area (Å²) in [5.41, 5.74) is 0. The molecule has 0 aliphatic carbocycles. The number of unbranched alkanes of at least 4 members (excludes halogenated alkanes) is 3. The molecule has 1 rings (SSSR count). The maximum absolute atomic E-state index is 5.08. The second-order valence-corrected chi connectivity index (χ2v) is 20.0. The second-order valence-electron chi connectivity index (χ2n) is 6.16. The van der Waals surface area contributed by atoms with E-state index in [9.17, 15) is 0 Å². The van der Waals surface area contributed by atoms with Gasteiger partial charge in [0.1, 0.15) is 0 Å². The van der Waals surface area contributed by atoms with Crippen LogP contribution in [-0.4, -0.2) is 29.6 Å². The molecular weight excluding hydrogens is 381 g/mol. The van der Waals surface area contributed by atoms with Gasteiger partial charge in [-0.15, -0.1) is 0 Å². The number of rotatable bonds is 11. The zero-order chi connectivity index (χ0) is 15.6. The molecular formula is C18H33NSSn. The SMILES string of the molecule is CCC[CH2][Sn]([CH2]CCC)([CH2]CCC)[c]1cccc(SC)n1. The van der Waals surface area contributed by atoms with Crippen LogP contribution in [-0.2, 0) is 0 Å². The van der Waals surface area contributed by atoms with Crippen molar-refractivity contribution in [3.8, 4) is 0 Å². The molecule has 0 amide bonds. The summed E-state index contributed by atoms with van der Waals surface area (Å²) in [7, 11) is 0. The molecule has 1 aromatic rings. The Kier molecular flexibility index (Phi) is 10.1. The van der Waals surface area contributed by atoms with Crippen molar-refractivity contribution in [2.75, 3.05) is 6.26 Å². The normalized spacial score (nSPS) is 11.8. The van der Waals surface area contributed by atoms with Crippen molar-refractivity contribution in [3.05, 3.63) is 18.2 Å². The predicted octanol–water partition coefficient (Wildman–Crippen LogP) is 5.86. The Morgan fingerprint density at radius 3 is 1.86 bits per heavy atom. The first-order valence-electron chi connectivity index (χ1n) is 8.74. The summed E-state index contributed by atoms with van der Waals surface area (Å²) in [6.45, 7) is 7.01. The van der Waals surface area contributed by atoms with E-state index in [2.05, 4.69) is 45.2 Å². The van der Waals surface area contributed by atoms with E-state index in [0.717, 1.165) is 0 Å². The fourth-order valence-electron chi connectivity index (χ4n) is 3.13. The van der Waals surface area contributed by atoms with Crippen molar-refractivity contribution in [1.29, 1.82) is 0 Å². The molecule has 1 nitrogen and oxygen atoms in total. The van der Waals surface area contributed by atoms with Crippen LogP contribution in [0.25, 0.3) is 0 Å². The third-order valence-electron chi connectivity index (χ3n) is 4.50. The van der Waals surface area contributed by atoms with Gasteiger partial charge in [0.25, 0.3) is 0 Å². The van der Waals surface area contributed by atoms with Crippen LogP contribution in [0, 0.1) is 0 Å². The van der Waals surface area contributed by atoms with Crippen LogP contribution < -0.4 is 3.71 Å². The van der Waals surface area contributed by atoms with E-state index < -0.39 is 18.4 Å². The molecule has 0 unspecified atom stereocenters. The maximum atomic E-state index is 5.08. The first-order chi connectivity index (χ1) is 10.2. The molecule has 0 fully saturated rings. The van der Waals surface area contributed by atoms with Gasteiger partial charge in [0.05, 0.1) is 0 Å². The van der Waals surface area contributed by atoms with Crippen molar-refractivity contribution in [2.45, 2.75) is 77.6 Å². The summed E-state index contributed by atoms with van der Waals surface area (Å²) in [5, 5.41) is 1.22. The number of thioether (sulfide) groups is 1. The van der Waals surface area contributed by atoms with Crippen molar-refractivity contribution >= 4 is 33.8 Å². The van der Waals surface area contributed by atoms with Gasteiger partial charge in [-0.3, -0.25) is 0 Å². The molecule has 0 bridgehead atoms. The van der Waals surface area contributed by atoms with E-state index in [4.69, 9.17) is 4.98 Å². The first kappa shape index (κ1) is 19.3. The van der Waals surface area contributed by atoms with Crippen LogP contribution in [0.4, 0.5) is 0 Å². The standard InChI is InChI=1S/C6H6NS.3C4H9.Sn/c1-8-6-4-2-3-5-7-6;3*1-3-4-2;/h2-4H,1H3;3*1,3-4H2,2H3;. The number of nitrogens with zero attached hydrogens (tertiary/aromatic N) is 1. The minimum atomic E-state index is -2.29. The first-order valence-corrected chi connectivity index (χ1v) is 17.4. The van der Waals surface area contributed by atoms with Crippen LogP contribution in [0.5, 0.6) is 0 Å². The van der Waals surface area contributed by atoms with Crippen molar-refractivity contribution in [1.82, 2.24) is 4.98 Å². The Bertz CT molecular complexity index is 373. The van der Waals surface area contributed by atoms with Gasteiger partial charge in [-0.1, -0.05) is 0 Å². The van der Waals surface area contributed by atoms with E-state index in [1.54, 1.807) is 15.5 Å². The molecule has 1 aromatic heterocycles. The Morgan fingerprint density at radius 2 is 1.43 bits per heavy atom. The fraction of sp³-hybridized carbons (Fsp3) is 0.722. The van der Waals surface area contributed by atoms with E-state index in [0.29, 0.717) is 0 Å². The van der Waals surface area contributed by atoms with Gasteiger partial charge in [0.2, 0.25) is 0 Å². The van der Waals surface area contributed by atoms with Crippen molar-refractivity contribution in [3.63, 3.8) is 0 Å². The third-order valence-corrected chi connectivity index (χ3v) is 20.3. The van der Waals surface area contributed by atoms with E-state index in [-0.39, 0.29) is 0 Å². The molecule has 0 saturated carbocycles. The predicted molar refractivity (Wildman–Crippen MR) is 101 cm³/mol. The quantitative estimate of drug-likeness (QED) is 0.332. The Labute approximate surface area is 140 Å². The fourth-order valence-corrected chi connectivity index (χ4v) is 19.2. The summed E-state index contributed by atoms with van der Waals surface area (Å²) < 4.78 is 6.09. The summed E-state index contributed by atoms with van der Waals surface area (Å²) in [6.07, 6.45) is 10.4. The molecule has 0 atom stereocenters. The molecule has 0 aromatic carbocycles. The van der Waals surface area contributed by atoms with Gasteiger partial charge in [0.15, 0.2) is 0 Å². The van der Waals surface area contributed by atoms with Gasteiger partial charge >= 0.3 is 141 Å². The molecule has 0 radical (unpaired) electrons. The van der Waals surface area contributed by atoms with Gasteiger partial charge in [0, 0.05) is 0 Å². The summed E-state index contributed by atoms with van der Waals surface area (Å²) in [5.74, 6) is 0. The number of aromatic nitrogens is 1. The Hall–Kier alpha value is 0.299. The zero-order valence-corrected chi connectivity index (χ0v) is 18.1. The second kappa shape index (κ2) is 10.9. The van der Waals surface area contributed by atoms with Gasteiger partial charge in [-0.05, 0) is 0 Å². The van der Waals surface area contributed by atoms with Crippen LogP contribution >= 0.6 is 11.8 Å². The number of hydrogen-bond acceptors (Lipinski definition) is 2. The Morgan fingerprint density at radius 1 is 0.905 bits per heavy atom. The van der Waals surface area contributed by atoms with E-state index >= 15 is 0 Å². The van der Waals surface area contributed by atoms with E-state index in [1.165, 1.54) is 56.9 Å². The molecule has 0 aliphatic rings. The molecule has 0 N–H and O–H groups in total. The van der Waals surface area contributed by atoms with Crippen molar-refractivity contribution < 1.29 is 0 Å².